The third kappa shape index (κ3) is 4.21. The summed E-state index contributed by atoms with van der Waals surface area (Å²) in [4.78, 5) is 67.4. The van der Waals surface area contributed by atoms with Crippen LogP contribution in [0.3, 0.4) is 0 Å². The quantitative estimate of drug-likeness (QED) is 0.284. The van der Waals surface area contributed by atoms with Crippen LogP contribution in [0.15, 0.2) is 40.3 Å². The Kier molecular flexibility index (Phi) is 6.53. The highest BCUT2D eigenvalue weighted by molar-refractivity contribution is 7.99. The van der Waals surface area contributed by atoms with E-state index in [4.69, 9.17) is 5.73 Å². The molecule has 3 N–H and O–H groups in total. The Morgan fingerprint density at radius 1 is 1.21 bits per heavy atom. The lowest BCUT2D eigenvalue weighted by atomic mass is 10.1. The second kappa shape index (κ2) is 9.39. The zero-order valence-corrected chi connectivity index (χ0v) is 20.0. The molecule has 10 nitrogen and oxygen atoms in total. The van der Waals surface area contributed by atoms with Crippen molar-refractivity contribution in [2.45, 2.75) is 32.0 Å². The minimum absolute atomic E-state index is 0.192. The van der Waals surface area contributed by atoms with Gasteiger partial charge in [0.2, 0.25) is 0 Å². The van der Waals surface area contributed by atoms with Gasteiger partial charge < -0.3 is 5.73 Å². The zero-order valence-electron chi connectivity index (χ0n) is 18.4. The standard InChI is InChI=1S/C22H21N5O5S2/c1-3-13-18(30)25-27(20(13)31)14(28)10-33-22-24-19-15(11(2)16(34-19)17(23)29)21(32)26(22)9-12-7-5-4-6-8-12/h4-8,13H,3,9-10H2,1-2H3,(H2,23,29)(H,25,30). The number of amides is 4. The number of hydrazine groups is 1. The van der Waals surface area contributed by atoms with Crippen LogP contribution in [0, 0.1) is 12.8 Å². The fourth-order valence-electron chi connectivity index (χ4n) is 3.70. The number of nitrogens with one attached hydrogen (secondary N) is 1. The van der Waals surface area contributed by atoms with Gasteiger partial charge in [0, 0.05) is 0 Å². The van der Waals surface area contributed by atoms with E-state index in [9.17, 15) is 24.0 Å². The van der Waals surface area contributed by atoms with Crippen LogP contribution in [-0.4, -0.2) is 43.9 Å². The first kappa shape index (κ1) is 23.6. The number of nitrogens with two attached hydrogens (primary N) is 1. The number of carbonyl (C=O) groups excluding carboxylic acids is 4. The second-order valence-corrected chi connectivity index (χ2v) is 9.61. The van der Waals surface area contributed by atoms with Gasteiger partial charge in [0.25, 0.3) is 29.2 Å². The number of aryl methyl sites for hydroxylation is 1. The van der Waals surface area contributed by atoms with Gasteiger partial charge in [-0.25, -0.2) is 4.98 Å². The average Bonchev–Trinajstić information content (AvgIpc) is 3.30. The molecule has 1 fully saturated rings. The topological polar surface area (TPSA) is 144 Å². The van der Waals surface area contributed by atoms with Crippen LogP contribution in [0.2, 0.25) is 0 Å². The number of carbonyl (C=O) groups is 4. The largest absolute Gasteiger partial charge is 0.365 e. The normalized spacial score (nSPS) is 15.7. The van der Waals surface area contributed by atoms with Gasteiger partial charge in [-0.05, 0) is 24.5 Å². The van der Waals surface area contributed by atoms with Crippen molar-refractivity contribution in [3.05, 3.63) is 56.7 Å². The van der Waals surface area contributed by atoms with E-state index in [0.29, 0.717) is 15.8 Å². The van der Waals surface area contributed by atoms with E-state index in [1.165, 1.54) is 4.57 Å². The van der Waals surface area contributed by atoms with Gasteiger partial charge in [-0.3, -0.25) is 34.0 Å². The molecule has 1 unspecified atom stereocenters. The Labute approximate surface area is 202 Å². The van der Waals surface area contributed by atoms with Crippen molar-refractivity contribution in [3.8, 4) is 0 Å². The molecular weight excluding hydrogens is 478 g/mol. The lowest BCUT2D eigenvalue weighted by Crippen LogP contribution is -2.42. The van der Waals surface area contributed by atoms with E-state index in [1.807, 2.05) is 30.3 Å². The maximum Gasteiger partial charge on any atom is 0.263 e. The van der Waals surface area contributed by atoms with Crippen molar-refractivity contribution in [2.75, 3.05) is 5.75 Å². The molecule has 12 heteroatoms. The van der Waals surface area contributed by atoms with Crippen molar-refractivity contribution in [1.29, 1.82) is 0 Å². The third-order valence-corrected chi connectivity index (χ3v) is 7.62. The molecule has 1 saturated heterocycles. The van der Waals surface area contributed by atoms with E-state index in [1.54, 1.807) is 13.8 Å². The fourth-order valence-corrected chi connectivity index (χ4v) is 5.62. The van der Waals surface area contributed by atoms with Gasteiger partial charge in [-0.15, -0.1) is 11.3 Å². The first-order chi connectivity index (χ1) is 16.2. The molecule has 1 atom stereocenters. The minimum Gasteiger partial charge on any atom is -0.365 e. The molecule has 176 valence electrons. The lowest BCUT2D eigenvalue weighted by Gasteiger charge is -2.15. The molecule has 0 spiro atoms. The van der Waals surface area contributed by atoms with Crippen LogP contribution in [-0.2, 0) is 20.9 Å². The molecule has 3 aromatic rings. The van der Waals surface area contributed by atoms with E-state index in [-0.39, 0.29) is 34.3 Å². The van der Waals surface area contributed by atoms with Crippen LogP contribution >= 0.6 is 23.1 Å². The summed E-state index contributed by atoms with van der Waals surface area (Å²) in [5.41, 5.74) is 8.71. The summed E-state index contributed by atoms with van der Waals surface area (Å²) >= 11 is 1.99. The summed E-state index contributed by atoms with van der Waals surface area (Å²) in [6.07, 6.45) is 0.288. The molecule has 34 heavy (non-hydrogen) atoms. The number of rotatable bonds is 7. The molecule has 1 aromatic carbocycles. The average molecular weight is 500 g/mol. The summed E-state index contributed by atoms with van der Waals surface area (Å²) in [5.74, 6) is -3.50. The highest BCUT2D eigenvalue weighted by Gasteiger charge is 2.41. The predicted molar refractivity (Wildman–Crippen MR) is 127 cm³/mol. The number of benzene rings is 1. The zero-order chi connectivity index (χ0) is 24.6. The number of nitrogens with zero attached hydrogens (tertiary/aromatic N) is 3. The number of hydrogen-bond acceptors (Lipinski definition) is 8. The summed E-state index contributed by atoms with van der Waals surface area (Å²) < 4.78 is 1.43. The van der Waals surface area contributed by atoms with Gasteiger partial charge in [-0.2, -0.15) is 5.01 Å². The molecule has 4 amide bonds. The second-order valence-electron chi connectivity index (χ2n) is 7.66. The van der Waals surface area contributed by atoms with Crippen LogP contribution in [0.5, 0.6) is 0 Å². The Morgan fingerprint density at radius 2 is 1.91 bits per heavy atom. The monoisotopic (exact) mass is 499 g/mol. The Hall–Kier alpha value is -3.51. The van der Waals surface area contributed by atoms with Gasteiger partial charge >= 0.3 is 0 Å². The summed E-state index contributed by atoms with van der Waals surface area (Å²) in [6, 6.07) is 9.25. The SMILES string of the molecule is CCC1C(=O)NN(C(=O)CSc2nc3sc(C(N)=O)c(C)c3c(=O)n2Cc2ccccc2)C1=O. The molecule has 2 aromatic heterocycles. The lowest BCUT2D eigenvalue weighted by molar-refractivity contribution is -0.144. The molecule has 0 aliphatic carbocycles. The maximum atomic E-state index is 13.4. The predicted octanol–water partition coefficient (Wildman–Crippen LogP) is 1.43. The van der Waals surface area contributed by atoms with Crippen LogP contribution in [0.1, 0.15) is 34.1 Å². The molecule has 1 aliphatic rings. The number of aromatic nitrogens is 2. The smallest absolute Gasteiger partial charge is 0.263 e. The van der Waals surface area contributed by atoms with Gasteiger partial charge in [0.1, 0.15) is 10.7 Å². The molecule has 4 rings (SSSR count). The van der Waals surface area contributed by atoms with E-state index >= 15 is 0 Å². The summed E-state index contributed by atoms with van der Waals surface area (Å²) in [6.45, 7) is 3.53. The molecule has 1 aliphatic heterocycles. The summed E-state index contributed by atoms with van der Waals surface area (Å²) in [7, 11) is 0. The number of fused-ring (bicyclic) bond motifs is 1. The molecule has 3 heterocycles. The maximum absolute atomic E-state index is 13.4. The van der Waals surface area contributed by atoms with Crippen LogP contribution < -0.4 is 16.7 Å². The van der Waals surface area contributed by atoms with E-state index in [0.717, 1.165) is 33.7 Å². The summed E-state index contributed by atoms with van der Waals surface area (Å²) in [5, 5.41) is 1.28. The van der Waals surface area contributed by atoms with Crippen molar-refractivity contribution in [2.24, 2.45) is 11.7 Å². The number of imide groups is 1. The number of thiophene rings is 1. The highest BCUT2D eigenvalue weighted by atomic mass is 32.2. The van der Waals surface area contributed by atoms with Gasteiger partial charge in [0.15, 0.2) is 5.16 Å². The van der Waals surface area contributed by atoms with Crippen LogP contribution in [0.25, 0.3) is 10.2 Å². The van der Waals surface area contributed by atoms with Crippen molar-refractivity contribution >= 4 is 56.9 Å². The molecule has 0 radical (unpaired) electrons. The first-order valence-corrected chi connectivity index (χ1v) is 12.2. The highest BCUT2D eigenvalue weighted by Crippen LogP contribution is 2.29. The van der Waals surface area contributed by atoms with Crippen molar-refractivity contribution in [1.82, 2.24) is 20.0 Å². The van der Waals surface area contributed by atoms with Crippen LogP contribution in [0.4, 0.5) is 0 Å². The van der Waals surface area contributed by atoms with Gasteiger partial charge in [-0.1, -0.05) is 49.0 Å². The number of primary amides is 1. The van der Waals surface area contributed by atoms with Gasteiger partial charge in [0.05, 0.1) is 22.6 Å². The fraction of sp³-hybridized carbons (Fsp3) is 0.273. The Balaban J connectivity index is 1.70. The molecule has 0 saturated carbocycles. The molecule has 0 bridgehead atoms. The Morgan fingerprint density at radius 3 is 2.53 bits per heavy atom. The number of thioether (sulfide) groups is 1. The first-order valence-electron chi connectivity index (χ1n) is 10.4. The van der Waals surface area contributed by atoms with Crippen molar-refractivity contribution in [3.63, 3.8) is 0 Å². The van der Waals surface area contributed by atoms with Crippen molar-refractivity contribution < 1.29 is 19.2 Å². The third-order valence-electron chi connectivity index (χ3n) is 5.46. The molecular formula is C22H21N5O5S2. The van der Waals surface area contributed by atoms with E-state index < -0.39 is 29.5 Å². The number of hydrogen-bond donors (Lipinski definition) is 2. The van der Waals surface area contributed by atoms with E-state index in [2.05, 4.69) is 10.4 Å². The minimum atomic E-state index is -0.888. The Bertz CT molecular complexity index is 1380.